The highest BCUT2D eigenvalue weighted by Gasteiger charge is 2.10. The van der Waals surface area contributed by atoms with Crippen molar-refractivity contribution in [1.29, 1.82) is 0 Å². The van der Waals surface area contributed by atoms with Crippen LogP contribution in [0.15, 0.2) is 34.9 Å². The second-order valence-electron chi connectivity index (χ2n) is 5.85. The number of hydrogen-bond donors (Lipinski definition) is 1. The average molecular weight is 274 g/mol. The van der Waals surface area contributed by atoms with Crippen molar-refractivity contribution in [3.8, 4) is 5.75 Å². The Bertz CT molecular complexity index is 556. The quantitative estimate of drug-likeness (QED) is 0.907. The Hall–Kier alpha value is -1.81. The first kappa shape index (κ1) is 14.6. The highest BCUT2D eigenvalue weighted by molar-refractivity contribution is 5.25. The first-order valence-corrected chi connectivity index (χ1v) is 6.81. The number of nitrogens with zero attached hydrogens (tertiary/aromatic N) is 1. The molecule has 0 fully saturated rings. The molecular formula is C16H22N2O2. The first-order chi connectivity index (χ1) is 9.44. The predicted octanol–water partition coefficient (Wildman–Crippen LogP) is 3.45. The molecule has 108 valence electrons. The fraction of sp³-hybridized carbons (Fsp3) is 0.438. The van der Waals surface area contributed by atoms with Crippen molar-refractivity contribution in [3.05, 3.63) is 47.7 Å². The number of hydrogen-bond acceptors (Lipinski definition) is 4. The number of nitrogens with one attached hydrogen (secondary N) is 1. The molecule has 20 heavy (non-hydrogen) atoms. The molecule has 0 spiro atoms. The van der Waals surface area contributed by atoms with E-state index in [-0.39, 0.29) is 5.54 Å². The molecule has 4 nitrogen and oxygen atoms in total. The molecule has 0 aliphatic rings. The van der Waals surface area contributed by atoms with Gasteiger partial charge in [-0.25, -0.2) is 0 Å². The summed E-state index contributed by atoms with van der Waals surface area (Å²) in [5.41, 5.74) is 0.963. The van der Waals surface area contributed by atoms with Crippen LogP contribution in [0, 0.1) is 6.92 Å². The Balaban J connectivity index is 1.89. The van der Waals surface area contributed by atoms with Crippen LogP contribution in [0.2, 0.25) is 0 Å². The fourth-order valence-corrected chi connectivity index (χ4v) is 1.72. The molecule has 0 saturated heterocycles. The molecule has 0 bridgehead atoms. The zero-order chi connectivity index (χ0) is 14.6. The van der Waals surface area contributed by atoms with Crippen molar-refractivity contribution in [1.82, 2.24) is 10.3 Å². The van der Waals surface area contributed by atoms with E-state index < -0.39 is 0 Å². The van der Waals surface area contributed by atoms with Gasteiger partial charge in [0, 0.05) is 11.7 Å². The number of pyridine rings is 1. The maximum absolute atomic E-state index is 5.73. The van der Waals surface area contributed by atoms with Crippen molar-refractivity contribution in [3.63, 3.8) is 0 Å². The average Bonchev–Trinajstić information content (AvgIpc) is 2.83. The summed E-state index contributed by atoms with van der Waals surface area (Å²) in [6, 6.07) is 7.70. The molecule has 2 rings (SSSR count). The van der Waals surface area contributed by atoms with Crippen molar-refractivity contribution >= 4 is 0 Å². The molecular weight excluding hydrogens is 252 g/mol. The standard InChI is InChI=1S/C16H22N2O2/c1-12-15(6-5-9-17-12)19-11-14-8-7-13(20-14)10-18-16(2,3)4/h5-9,18H,10-11H2,1-4H3. The molecule has 0 aliphatic carbocycles. The van der Waals surface area contributed by atoms with E-state index in [1.165, 1.54) is 0 Å². The summed E-state index contributed by atoms with van der Waals surface area (Å²) in [6.45, 7) is 9.45. The van der Waals surface area contributed by atoms with Gasteiger partial charge in [-0.15, -0.1) is 0 Å². The summed E-state index contributed by atoms with van der Waals surface area (Å²) in [6.07, 6.45) is 1.76. The lowest BCUT2D eigenvalue weighted by atomic mass is 10.1. The third-order valence-corrected chi connectivity index (χ3v) is 2.84. The van der Waals surface area contributed by atoms with Gasteiger partial charge in [-0.2, -0.15) is 0 Å². The lowest BCUT2D eigenvalue weighted by Gasteiger charge is -2.19. The van der Waals surface area contributed by atoms with Crippen LogP contribution in [-0.2, 0) is 13.2 Å². The molecule has 0 saturated carbocycles. The number of rotatable bonds is 5. The summed E-state index contributed by atoms with van der Waals surface area (Å²) in [5.74, 6) is 2.53. The number of furan rings is 1. The van der Waals surface area contributed by atoms with Crippen molar-refractivity contribution in [2.75, 3.05) is 0 Å². The second kappa shape index (κ2) is 6.09. The van der Waals surface area contributed by atoms with Crippen LogP contribution in [0.1, 0.15) is 38.0 Å². The van der Waals surface area contributed by atoms with Gasteiger partial charge in [0.25, 0.3) is 0 Å². The molecule has 0 aliphatic heterocycles. The predicted molar refractivity (Wildman–Crippen MR) is 78.6 cm³/mol. The van der Waals surface area contributed by atoms with Gasteiger partial charge < -0.3 is 14.5 Å². The maximum atomic E-state index is 5.73. The number of ether oxygens (including phenoxy) is 1. The van der Waals surface area contributed by atoms with Crippen molar-refractivity contribution in [2.24, 2.45) is 0 Å². The van der Waals surface area contributed by atoms with Gasteiger partial charge in [0.1, 0.15) is 23.9 Å². The van der Waals surface area contributed by atoms with Crippen LogP contribution in [-0.4, -0.2) is 10.5 Å². The highest BCUT2D eigenvalue weighted by atomic mass is 16.5. The molecule has 4 heteroatoms. The Labute approximate surface area is 120 Å². The molecule has 0 aromatic carbocycles. The third kappa shape index (κ3) is 4.38. The zero-order valence-electron chi connectivity index (χ0n) is 12.6. The summed E-state index contributed by atoms with van der Waals surface area (Å²) in [7, 11) is 0. The number of aromatic nitrogens is 1. The minimum absolute atomic E-state index is 0.0796. The van der Waals surface area contributed by atoms with Crippen LogP contribution in [0.3, 0.4) is 0 Å². The Morgan fingerprint density at radius 1 is 1.20 bits per heavy atom. The van der Waals surface area contributed by atoms with E-state index >= 15 is 0 Å². The van der Waals surface area contributed by atoms with E-state index in [9.17, 15) is 0 Å². The smallest absolute Gasteiger partial charge is 0.146 e. The van der Waals surface area contributed by atoms with E-state index in [1.54, 1.807) is 6.20 Å². The SMILES string of the molecule is Cc1ncccc1OCc1ccc(CNC(C)(C)C)o1. The van der Waals surface area contributed by atoms with E-state index in [2.05, 4.69) is 31.1 Å². The van der Waals surface area contributed by atoms with E-state index in [1.807, 2.05) is 31.2 Å². The minimum atomic E-state index is 0.0796. The molecule has 1 N–H and O–H groups in total. The minimum Gasteiger partial charge on any atom is -0.484 e. The Morgan fingerprint density at radius 3 is 2.65 bits per heavy atom. The zero-order valence-corrected chi connectivity index (χ0v) is 12.6. The monoisotopic (exact) mass is 274 g/mol. The molecule has 2 aromatic rings. The molecule has 0 atom stereocenters. The summed E-state index contributed by atoms with van der Waals surface area (Å²) >= 11 is 0. The highest BCUT2D eigenvalue weighted by Crippen LogP contribution is 2.17. The van der Waals surface area contributed by atoms with Gasteiger partial charge in [-0.1, -0.05) is 0 Å². The molecule has 0 radical (unpaired) electrons. The fourth-order valence-electron chi connectivity index (χ4n) is 1.72. The van der Waals surface area contributed by atoms with Gasteiger partial charge in [-0.3, -0.25) is 4.98 Å². The van der Waals surface area contributed by atoms with E-state index in [0.717, 1.165) is 29.5 Å². The molecule has 2 heterocycles. The van der Waals surface area contributed by atoms with Crippen molar-refractivity contribution < 1.29 is 9.15 Å². The van der Waals surface area contributed by atoms with Gasteiger partial charge in [0.2, 0.25) is 0 Å². The number of aryl methyl sites for hydroxylation is 1. The Morgan fingerprint density at radius 2 is 1.95 bits per heavy atom. The van der Waals surface area contributed by atoms with Crippen LogP contribution in [0.5, 0.6) is 5.75 Å². The summed E-state index contributed by atoms with van der Waals surface area (Å²) < 4.78 is 11.4. The first-order valence-electron chi connectivity index (χ1n) is 6.81. The topological polar surface area (TPSA) is 47.3 Å². The Kier molecular flexibility index (Phi) is 4.45. The molecule has 0 unspecified atom stereocenters. The van der Waals surface area contributed by atoms with Gasteiger partial charge in [-0.05, 0) is 52.0 Å². The van der Waals surface area contributed by atoms with Crippen LogP contribution in [0.4, 0.5) is 0 Å². The normalized spacial score (nSPS) is 11.6. The van der Waals surface area contributed by atoms with E-state index in [0.29, 0.717) is 6.61 Å². The van der Waals surface area contributed by atoms with E-state index in [4.69, 9.17) is 9.15 Å². The van der Waals surface area contributed by atoms with Gasteiger partial charge >= 0.3 is 0 Å². The van der Waals surface area contributed by atoms with Crippen LogP contribution < -0.4 is 10.1 Å². The van der Waals surface area contributed by atoms with Crippen LogP contribution >= 0.6 is 0 Å². The van der Waals surface area contributed by atoms with Gasteiger partial charge in [0.05, 0.1) is 12.2 Å². The van der Waals surface area contributed by atoms with Gasteiger partial charge in [0.15, 0.2) is 0 Å². The summed E-state index contributed by atoms with van der Waals surface area (Å²) in [5, 5.41) is 3.39. The third-order valence-electron chi connectivity index (χ3n) is 2.84. The lowest BCUT2D eigenvalue weighted by Crippen LogP contribution is -2.34. The van der Waals surface area contributed by atoms with Crippen molar-refractivity contribution in [2.45, 2.75) is 46.4 Å². The second-order valence-corrected chi connectivity index (χ2v) is 5.85. The lowest BCUT2D eigenvalue weighted by molar-refractivity contribution is 0.260. The summed E-state index contributed by atoms with van der Waals surface area (Å²) in [4.78, 5) is 4.19. The molecule has 0 amide bonds. The largest absolute Gasteiger partial charge is 0.484 e. The molecule has 2 aromatic heterocycles. The maximum Gasteiger partial charge on any atom is 0.146 e. The van der Waals surface area contributed by atoms with Crippen LogP contribution in [0.25, 0.3) is 0 Å².